The highest BCUT2D eigenvalue weighted by atomic mass is 32.1. The van der Waals surface area contributed by atoms with Crippen LogP contribution in [0.25, 0.3) is 0 Å². The van der Waals surface area contributed by atoms with Gasteiger partial charge in [-0.25, -0.2) is 0 Å². The highest BCUT2D eigenvalue weighted by Crippen LogP contribution is 2.22. The maximum atomic E-state index is 10.3. The monoisotopic (exact) mass is 229 g/mol. The normalized spacial score (nSPS) is 10.6. The van der Waals surface area contributed by atoms with Gasteiger partial charge in [-0.05, 0) is 6.42 Å². The fraction of sp³-hybridized carbons (Fsp3) is 0.667. The van der Waals surface area contributed by atoms with Gasteiger partial charge in [0.2, 0.25) is 5.13 Å². The van der Waals surface area contributed by atoms with Crippen molar-refractivity contribution in [1.29, 1.82) is 0 Å². The minimum Gasteiger partial charge on any atom is -0.481 e. The number of carboxylic acids is 1. The summed E-state index contributed by atoms with van der Waals surface area (Å²) in [6, 6.07) is 0. The molecule has 0 aliphatic heterocycles. The Kier molecular flexibility index (Phi) is 4.48. The zero-order chi connectivity index (χ0) is 11.3. The van der Waals surface area contributed by atoms with E-state index in [0.29, 0.717) is 18.9 Å². The Morgan fingerprint density at radius 2 is 2.27 bits per heavy atom. The molecule has 0 aromatic carbocycles. The Hall–Kier alpha value is -1.17. The van der Waals surface area contributed by atoms with Crippen LogP contribution in [0.4, 0.5) is 5.13 Å². The molecular formula is C9H15N3O2S. The van der Waals surface area contributed by atoms with Crippen LogP contribution in [0.15, 0.2) is 0 Å². The van der Waals surface area contributed by atoms with Crippen LogP contribution in [-0.4, -0.2) is 27.8 Å². The highest BCUT2D eigenvalue weighted by Gasteiger charge is 2.06. The molecule has 0 saturated carbocycles. The summed E-state index contributed by atoms with van der Waals surface area (Å²) in [6.45, 7) is 4.75. The van der Waals surface area contributed by atoms with E-state index in [2.05, 4.69) is 29.4 Å². The number of carbonyl (C=O) groups is 1. The van der Waals surface area contributed by atoms with Crippen LogP contribution in [0.1, 0.15) is 37.6 Å². The van der Waals surface area contributed by atoms with Gasteiger partial charge >= 0.3 is 5.97 Å². The van der Waals surface area contributed by atoms with Crippen LogP contribution < -0.4 is 5.32 Å². The van der Waals surface area contributed by atoms with Gasteiger partial charge in [-0.1, -0.05) is 25.2 Å². The number of hydrogen-bond acceptors (Lipinski definition) is 5. The summed E-state index contributed by atoms with van der Waals surface area (Å²) >= 11 is 1.52. The summed E-state index contributed by atoms with van der Waals surface area (Å²) in [5.41, 5.74) is 0. The molecule has 1 aromatic rings. The predicted octanol–water partition coefficient (Wildman–Crippen LogP) is 1.94. The number of nitrogens with zero attached hydrogens (tertiary/aromatic N) is 2. The molecule has 0 aliphatic rings. The Balaban J connectivity index is 2.28. The maximum Gasteiger partial charge on any atom is 0.303 e. The van der Waals surface area contributed by atoms with Crippen molar-refractivity contribution in [1.82, 2.24) is 10.2 Å². The van der Waals surface area contributed by atoms with Crippen LogP contribution in [0.3, 0.4) is 0 Å². The SMILES string of the molecule is CC(C)c1nnc(NCCCC(=O)O)s1. The van der Waals surface area contributed by atoms with Gasteiger partial charge in [-0.3, -0.25) is 4.79 Å². The number of nitrogens with one attached hydrogen (secondary N) is 1. The van der Waals surface area contributed by atoms with Gasteiger partial charge in [-0.15, -0.1) is 10.2 Å². The van der Waals surface area contributed by atoms with Gasteiger partial charge in [0.25, 0.3) is 0 Å². The van der Waals surface area contributed by atoms with Crippen LogP contribution >= 0.6 is 11.3 Å². The Morgan fingerprint density at radius 3 is 2.80 bits per heavy atom. The van der Waals surface area contributed by atoms with Gasteiger partial charge < -0.3 is 10.4 Å². The summed E-state index contributed by atoms with van der Waals surface area (Å²) in [5.74, 6) is -0.381. The number of aliphatic carboxylic acids is 1. The van der Waals surface area contributed by atoms with Crippen molar-refractivity contribution in [2.24, 2.45) is 0 Å². The fourth-order valence-electron chi connectivity index (χ4n) is 0.974. The molecule has 0 aliphatic carbocycles. The first kappa shape index (κ1) is 11.9. The average Bonchev–Trinajstić information content (AvgIpc) is 2.60. The number of anilines is 1. The standard InChI is InChI=1S/C9H15N3O2S/c1-6(2)8-11-12-9(15-8)10-5-3-4-7(13)14/h6H,3-5H2,1-2H3,(H,10,12)(H,13,14). The predicted molar refractivity (Wildman–Crippen MR) is 59.4 cm³/mol. The van der Waals surface area contributed by atoms with Gasteiger partial charge in [-0.2, -0.15) is 0 Å². The third-order valence-corrected chi connectivity index (χ3v) is 2.96. The Labute approximate surface area is 92.5 Å². The van der Waals surface area contributed by atoms with Gasteiger partial charge in [0.1, 0.15) is 5.01 Å². The molecule has 0 fully saturated rings. The largest absolute Gasteiger partial charge is 0.481 e. The molecule has 1 rings (SSSR count). The third-order valence-electron chi connectivity index (χ3n) is 1.78. The van der Waals surface area contributed by atoms with E-state index in [-0.39, 0.29) is 6.42 Å². The average molecular weight is 229 g/mol. The topological polar surface area (TPSA) is 75.1 Å². The van der Waals surface area contributed by atoms with E-state index >= 15 is 0 Å². The first-order valence-electron chi connectivity index (χ1n) is 4.88. The second-order valence-electron chi connectivity index (χ2n) is 3.52. The van der Waals surface area contributed by atoms with Crippen LogP contribution in [-0.2, 0) is 4.79 Å². The van der Waals surface area contributed by atoms with Gasteiger partial charge in [0, 0.05) is 18.9 Å². The number of hydrogen-bond donors (Lipinski definition) is 2. The Bertz CT molecular complexity index is 325. The van der Waals surface area contributed by atoms with Crippen molar-refractivity contribution >= 4 is 22.4 Å². The smallest absolute Gasteiger partial charge is 0.303 e. The minimum absolute atomic E-state index is 0.183. The van der Waals surface area contributed by atoms with Crippen molar-refractivity contribution in [3.05, 3.63) is 5.01 Å². The first-order valence-corrected chi connectivity index (χ1v) is 5.70. The van der Waals surface area contributed by atoms with Crippen molar-refractivity contribution in [2.45, 2.75) is 32.6 Å². The molecule has 15 heavy (non-hydrogen) atoms. The first-order chi connectivity index (χ1) is 7.09. The van der Waals surface area contributed by atoms with Crippen molar-refractivity contribution in [2.75, 3.05) is 11.9 Å². The van der Waals surface area contributed by atoms with Crippen molar-refractivity contribution < 1.29 is 9.90 Å². The molecule has 84 valence electrons. The molecule has 0 bridgehead atoms. The maximum absolute atomic E-state index is 10.3. The number of aromatic nitrogens is 2. The van der Waals surface area contributed by atoms with E-state index < -0.39 is 5.97 Å². The summed E-state index contributed by atoms with van der Waals surface area (Å²) in [6.07, 6.45) is 0.786. The Morgan fingerprint density at radius 1 is 1.53 bits per heavy atom. The lowest BCUT2D eigenvalue weighted by molar-refractivity contribution is -0.137. The molecule has 1 aromatic heterocycles. The van der Waals surface area contributed by atoms with Crippen LogP contribution in [0.5, 0.6) is 0 Å². The van der Waals surface area contributed by atoms with Crippen molar-refractivity contribution in [3.8, 4) is 0 Å². The molecule has 6 heteroatoms. The van der Waals surface area contributed by atoms with E-state index in [9.17, 15) is 4.79 Å². The second kappa shape index (κ2) is 5.65. The third kappa shape index (κ3) is 4.24. The molecule has 0 saturated heterocycles. The van der Waals surface area contributed by atoms with Crippen LogP contribution in [0.2, 0.25) is 0 Å². The number of carboxylic acid groups (broad SMARTS) is 1. The zero-order valence-corrected chi connectivity index (χ0v) is 9.67. The molecule has 0 radical (unpaired) electrons. The van der Waals surface area contributed by atoms with E-state index in [1.165, 1.54) is 11.3 Å². The lowest BCUT2D eigenvalue weighted by Gasteiger charge is -1.99. The molecule has 2 N–H and O–H groups in total. The lowest BCUT2D eigenvalue weighted by Crippen LogP contribution is -2.04. The van der Waals surface area contributed by atoms with Crippen molar-refractivity contribution in [3.63, 3.8) is 0 Å². The zero-order valence-electron chi connectivity index (χ0n) is 8.86. The molecule has 0 amide bonds. The molecule has 0 atom stereocenters. The van der Waals surface area contributed by atoms with Gasteiger partial charge in [0.15, 0.2) is 0 Å². The highest BCUT2D eigenvalue weighted by molar-refractivity contribution is 7.15. The molecule has 0 unspecified atom stereocenters. The summed E-state index contributed by atoms with van der Waals surface area (Å²) in [4.78, 5) is 10.3. The minimum atomic E-state index is -0.767. The molecule has 5 nitrogen and oxygen atoms in total. The lowest BCUT2D eigenvalue weighted by atomic mass is 10.2. The van der Waals surface area contributed by atoms with Crippen LogP contribution in [0, 0.1) is 0 Å². The molecule has 1 heterocycles. The quantitative estimate of drug-likeness (QED) is 0.729. The van der Waals surface area contributed by atoms with E-state index in [4.69, 9.17) is 5.11 Å². The summed E-state index contributed by atoms with van der Waals surface area (Å²) in [7, 11) is 0. The molecule has 0 spiro atoms. The molecular weight excluding hydrogens is 214 g/mol. The van der Waals surface area contributed by atoms with E-state index in [1.807, 2.05) is 0 Å². The number of rotatable bonds is 6. The second-order valence-corrected chi connectivity index (χ2v) is 4.53. The fourth-order valence-corrected chi connectivity index (χ4v) is 1.75. The van der Waals surface area contributed by atoms with E-state index in [0.717, 1.165) is 10.1 Å². The van der Waals surface area contributed by atoms with E-state index in [1.54, 1.807) is 0 Å². The van der Waals surface area contributed by atoms with Gasteiger partial charge in [0.05, 0.1) is 0 Å². The summed E-state index contributed by atoms with van der Waals surface area (Å²) in [5, 5.41) is 21.2. The summed E-state index contributed by atoms with van der Waals surface area (Å²) < 4.78 is 0.